The van der Waals surface area contributed by atoms with Crippen LogP contribution in [0.5, 0.6) is 0 Å². The van der Waals surface area contributed by atoms with Gasteiger partial charge in [0.2, 0.25) is 0 Å². The van der Waals surface area contributed by atoms with Crippen molar-refractivity contribution >= 4 is 38.9 Å². The molecule has 0 atom stereocenters. The van der Waals surface area contributed by atoms with Crippen LogP contribution in [0.4, 0.5) is 0 Å². The molecule has 0 aliphatic heterocycles. The number of rotatable bonds is 3. The molecule has 3 aromatic carbocycles. The van der Waals surface area contributed by atoms with Crippen LogP contribution in [0.15, 0.2) is 66.7 Å². The van der Waals surface area contributed by atoms with E-state index in [1.807, 2.05) is 78.2 Å². The highest BCUT2D eigenvalue weighted by Crippen LogP contribution is 2.28. The van der Waals surface area contributed by atoms with Crippen LogP contribution in [0.2, 0.25) is 0 Å². The first-order chi connectivity index (χ1) is 13.6. The van der Waals surface area contributed by atoms with E-state index in [1.165, 1.54) is 5.56 Å². The maximum Gasteiger partial charge on any atom is 0.182 e. The van der Waals surface area contributed by atoms with E-state index in [4.69, 9.17) is 9.97 Å². The fourth-order valence-electron chi connectivity index (χ4n) is 3.69. The van der Waals surface area contributed by atoms with Crippen LogP contribution in [0.25, 0.3) is 33.1 Å². The molecule has 28 heavy (non-hydrogen) atoms. The lowest BCUT2D eigenvalue weighted by Gasteiger charge is -2.08. The summed E-state index contributed by atoms with van der Waals surface area (Å²) in [6.45, 7) is 4.32. The third kappa shape index (κ3) is 2.57. The van der Waals surface area contributed by atoms with Gasteiger partial charge in [-0.2, -0.15) is 0 Å². The Kier molecular flexibility index (Phi) is 3.72. The van der Waals surface area contributed by atoms with E-state index in [2.05, 4.69) is 6.92 Å². The van der Waals surface area contributed by atoms with E-state index in [0.717, 1.165) is 44.2 Å². The molecule has 2 heterocycles. The Balaban J connectivity index is 1.71. The van der Waals surface area contributed by atoms with Crippen molar-refractivity contribution in [1.29, 1.82) is 0 Å². The molecule has 4 heteroatoms. The summed E-state index contributed by atoms with van der Waals surface area (Å²) in [5.41, 5.74) is 7.28. The fourth-order valence-corrected chi connectivity index (χ4v) is 3.69. The Labute approximate surface area is 162 Å². The molecule has 0 saturated heterocycles. The zero-order chi connectivity index (χ0) is 19.3. The van der Waals surface area contributed by atoms with Crippen molar-refractivity contribution in [2.75, 3.05) is 0 Å². The number of carbonyl (C=O) groups excluding carboxylic acids is 1. The summed E-state index contributed by atoms with van der Waals surface area (Å²) in [6.07, 6.45) is 0. The number of hydrogen-bond donors (Lipinski definition) is 0. The molecule has 5 rings (SSSR count). The maximum absolute atomic E-state index is 13.1. The third-order valence-electron chi connectivity index (χ3n) is 5.39. The van der Waals surface area contributed by atoms with Crippen LogP contribution in [0.3, 0.4) is 0 Å². The quantitative estimate of drug-likeness (QED) is 0.411. The molecule has 0 spiro atoms. The minimum absolute atomic E-state index is 0.0701. The van der Waals surface area contributed by atoms with E-state index in [-0.39, 0.29) is 12.3 Å². The van der Waals surface area contributed by atoms with Crippen molar-refractivity contribution in [2.24, 2.45) is 0 Å². The highest BCUT2D eigenvalue weighted by Gasteiger charge is 2.17. The van der Waals surface area contributed by atoms with Crippen LogP contribution in [0.1, 0.15) is 21.5 Å². The second kappa shape index (κ2) is 6.27. The zero-order valence-electron chi connectivity index (χ0n) is 15.8. The van der Waals surface area contributed by atoms with Crippen molar-refractivity contribution in [1.82, 2.24) is 14.5 Å². The predicted molar refractivity (Wildman–Crippen MR) is 113 cm³/mol. The molecule has 2 aromatic heterocycles. The Morgan fingerprint density at radius 1 is 0.857 bits per heavy atom. The molecule has 0 saturated carbocycles. The minimum atomic E-state index is 0.0701. The number of aryl methyl sites for hydroxylation is 2. The van der Waals surface area contributed by atoms with Gasteiger partial charge in [0.05, 0.1) is 23.1 Å². The number of hydrogen-bond acceptors (Lipinski definition) is 3. The Morgan fingerprint density at radius 2 is 1.57 bits per heavy atom. The highest BCUT2D eigenvalue weighted by molar-refractivity contribution is 6.08. The van der Waals surface area contributed by atoms with E-state index in [1.54, 1.807) is 0 Å². The Bertz CT molecular complexity index is 1380. The highest BCUT2D eigenvalue weighted by atomic mass is 16.1. The number of nitrogens with zero attached hydrogens (tertiary/aromatic N) is 3. The first-order valence-electron chi connectivity index (χ1n) is 9.36. The molecule has 0 radical (unpaired) electrons. The van der Waals surface area contributed by atoms with E-state index in [0.29, 0.717) is 0 Å². The van der Waals surface area contributed by atoms with Crippen LogP contribution in [0, 0.1) is 13.8 Å². The standard InChI is InChI=1S/C24H19N3O/c1-15-11-12-17(13-16(15)2)22(28)14-27-21-10-6-3-7-18(21)23-24(27)26-20-9-5-4-8-19(20)25-23/h3-13H,14H2,1-2H3. The molecular formula is C24H19N3O. The van der Waals surface area contributed by atoms with E-state index < -0.39 is 0 Å². The largest absolute Gasteiger partial charge is 0.316 e. The van der Waals surface area contributed by atoms with Crippen LogP contribution in [-0.4, -0.2) is 20.3 Å². The number of aromatic nitrogens is 3. The minimum Gasteiger partial charge on any atom is -0.316 e. The lowest BCUT2D eigenvalue weighted by molar-refractivity contribution is 0.0974. The molecule has 136 valence electrons. The first kappa shape index (κ1) is 16.6. The van der Waals surface area contributed by atoms with Gasteiger partial charge >= 0.3 is 0 Å². The van der Waals surface area contributed by atoms with Gasteiger partial charge in [-0.05, 0) is 49.2 Å². The molecule has 0 unspecified atom stereocenters. The van der Waals surface area contributed by atoms with Crippen molar-refractivity contribution < 1.29 is 4.79 Å². The maximum atomic E-state index is 13.1. The zero-order valence-corrected chi connectivity index (χ0v) is 15.8. The summed E-state index contributed by atoms with van der Waals surface area (Å²) in [4.78, 5) is 22.7. The third-order valence-corrected chi connectivity index (χ3v) is 5.39. The summed E-state index contributed by atoms with van der Waals surface area (Å²) >= 11 is 0. The summed E-state index contributed by atoms with van der Waals surface area (Å²) in [6, 6.07) is 21.7. The molecular weight excluding hydrogens is 346 g/mol. The average molecular weight is 365 g/mol. The fraction of sp³-hybridized carbons (Fsp3) is 0.125. The molecule has 0 aliphatic rings. The topological polar surface area (TPSA) is 47.8 Å². The van der Waals surface area contributed by atoms with Crippen LogP contribution < -0.4 is 0 Å². The van der Waals surface area contributed by atoms with Gasteiger partial charge in [0.15, 0.2) is 11.4 Å². The second-order valence-corrected chi connectivity index (χ2v) is 7.21. The summed E-state index contributed by atoms with van der Waals surface area (Å²) in [7, 11) is 0. The van der Waals surface area contributed by atoms with Crippen molar-refractivity contribution in [3.05, 3.63) is 83.4 Å². The SMILES string of the molecule is Cc1ccc(C(=O)Cn2c3ccccc3c3nc4ccccc4nc32)cc1C. The van der Waals surface area contributed by atoms with Crippen molar-refractivity contribution in [2.45, 2.75) is 20.4 Å². The lowest BCUT2D eigenvalue weighted by atomic mass is 10.0. The summed E-state index contributed by atoms with van der Waals surface area (Å²) in [5.74, 6) is 0.0701. The smallest absolute Gasteiger partial charge is 0.182 e. The number of Topliss-reactive ketones (excluding diaryl/α,β-unsaturated/α-hetero) is 1. The van der Waals surface area contributed by atoms with Gasteiger partial charge in [-0.3, -0.25) is 4.79 Å². The van der Waals surface area contributed by atoms with E-state index >= 15 is 0 Å². The van der Waals surface area contributed by atoms with Crippen molar-refractivity contribution in [3.8, 4) is 0 Å². The Morgan fingerprint density at radius 3 is 2.36 bits per heavy atom. The molecule has 4 nitrogen and oxygen atoms in total. The molecule has 5 aromatic rings. The summed E-state index contributed by atoms with van der Waals surface area (Å²) in [5, 5.41) is 1.02. The van der Waals surface area contributed by atoms with Gasteiger partial charge < -0.3 is 4.57 Å². The number of fused-ring (bicyclic) bond motifs is 4. The second-order valence-electron chi connectivity index (χ2n) is 7.21. The lowest BCUT2D eigenvalue weighted by Crippen LogP contribution is -2.11. The first-order valence-corrected chi connectivity index (χ1v) is 9.36. The van der Waals surface area contributed by atoms with Gasteiger partial charge in [-0.25, -0.2) is 9.97 Å². The molecule has 0 bridgehead atoms. The molecule has 0 N–H and O–H groups in total. The van der Waals surface area contributed by atoms with Gasteiger partial charge in [0.25, 0.3) is 0 Å². The van der Waals surface area contributed by atoms with Gasteiger partial charge in [0.1, 0.15) is 5.52 Å². The van der Waals surface area contributed by atoms with Gasteiger partial charge in [-0.1, -0.05) is 42.5 Å². The molecule has 0 amide bonds. The van der Waals surface area contributed by atoms with E-state index in [9.17, 15) is 4.79 Å². The number of benzene rings is 3. The predicted octanol–water partition coefficient (Wildman–Crippen LogP) is 5.24. The molecule has 0 fully saturated rings. The van der Waals surface area contributed by atoms with Crippen LogP contribution >= 0.6 is 0 Å². The van der Waals surface area contributed by atoms with Crippen molar-refractivity contribution in [3.63, 3.8) is 0 Å². The number of ketones is 1. The average Bonchev–Trinajstić information content (AvgIpc) is 3.01. The molecule has 0 aliphatic carbocycles. The number of carbonyl (C=O) groups is 1. The Hall–Kier alpha value is -3.53. The normalized spacial score (nSPS) is 11.5. The van der Waals surface area contributed by atoms with Gasteiger partial charge in [-0.15, -0.1) is 0 Å². The summed E-state index contributed by atoms with van der Waals surface area (Å²) < 4.78 is 1.99. The van der Waals surface area contributed by atoms with Crippen LogP contribution in [-0.2, 0) is 6.54 Å². The van der Waals surface area contributed by atoms with Gasteiger partial charge in [0, 0.05) is 10.9 Å². The number of para-hydroxylation sites is 3. The monoisotopic (exact) mass is 365 g/mol.